The molecule has 502 valence electrons. The summed E-state index contributed by atoms with van der Waals surface area (Å²) in [7, 11) is 1.68. The highest BCUT2D eigenvalue weighted by Gasteiger charge is 2.50. The number of ether oxygens (including phenoxy) is 2. The number of nitrogens with one attached hydrogen (secondary N) is 5. The summed E-state index contributed by atoms with van der Waals surface area (Å²) in [6.07, 6.45) is -10.3. The van der Waals surface area contributed by atoms with Crippen molar-refractivity contribution in [2.75, 3.05) is 40.0 Å². The van der Waals surface area contributed by atoms with Gasteiger partial charge in [0.15, 0.2) is 11.5 Å². The molecular weight excluding hydrogens is 1240 g/mol. The number of unbranched alkanes of at least 4 members (excludes halogenated alkanes) is 3. The molecule has 0 bridgehead atoms. The Bertz CT molecular complexity index is 2980. The van der Waals surface area contributed by atoms with E-state index >= 15 is 0 Å². The van der Waals surface area contributed by atoms with Crippen molar-refractivity contribution in [2.24, 2.45) is 17.6 Å². The van der Waals surface area contributed by atoms with Gasteiger partial charge in [-0.15, -0.1) is 10.2 Å². The number of aromatic hydroxyl groups is 1. The topological polar surface area (TPSA) is 483 Å². The molecule has 1 aromatic heterocycles. The largest absolute Gasteiger partial charge is 0.504 e. The fourth-order valence-electron chi connectivity index (χ4n) is 11.4. The lowest BCUT2D eigenvalue weighted by atomic mass is 9.81. The second-order valence-corrected chi connectivity index (χ2v) is 24.6. The maximum atomic E-state index is 14.7. The minimum absolute atomic E-state index is 0.0187. The first kappa shape index (κ1) is 71.5. The number of β-amino-alcohol motifs (C(OH)–C–C–N with tert-alkyl or cyclic N) is 1. The maximum Gasteiger partial charge on any atom is 0.261 e. The minimum Gasteiger partial charge on any atom is -0.504 e. The molecule has 1 aliphatic carbocycles. The number of carbonyl (C=O) groups excluding carboxylic acids is 8. The van der Waals surface area contributed by atoms with Crippen LogP contribution in [0.5, 0.6) is 17.2 Å². The first-order valence-electron chi connectivity index (χ1n) is 29.8. The van der Waals surface area contributed by atoms with E-state index in [0.717, 1.165) is 83.5 Å². The molecule has 4 fully saturated rings. The highest BCUT2D eigenvalue weighted by molar-refractivity contribution is 7.90. The van der Waals surface area contributed by atoms with Crippen LogP contribution in [0.2, 0.25) is 0 Å². The number of primary amides is 1. The Morgan fingerprint density at radius 2 is 1.47 bits per heavy atom. The fourth-order valence-corrected chi connectivity index (χ4v) is 12.7. The van der Waals surface area contributed by atoms with Gasteiger partial charge in [-0.2, -0.15) is 0 Å². The van der Waals surface area contributed by atoms with Crippen molar-refractivity contribution in [2.45, 2.75) is 169 Å². The molecule has 7 rings (SSSR count). The highest BCUT2D eigenvalue weighted by atomic mass is 32.2. The van der Waals surface area contributed by atoms with Crippen molar-refractivity contribution in [1.82, 2.24) is 46.6 Å². The van der Waals surface area contributed by atoms with E-state index in [0.29, 0.717) is 37.3 Å². The quantitative estimate of drug-likeness (QED) is 0.0208. The first-order chi connectivity index (χ1) is 43.4. The number of nitrogens with two attached hydrogens (primary N) is 1. The third kappa shape index (κ3) is 18.9. The van der Waals surface area contributed by atoms with Crippen molar-refractivity contribution >= 4 is 70.9 Å². The number of rotatable bonds is 23. The molecule has 1 saturated carbocycles. The van der Waals surface area contributed by atoms with Gasteiger partial charge in [-0.05, 0) is 93.8 Å². The number of benzene rings is 2. The van der Waals surface area contributed by atoms with E-state index in [-0.39, 0.29) is 23.8 Å². The van der Waals surface area contributed by atoms with Gasteiger partial charge >= 0.3 is 0 Å². The summed E-state index contributed by atoms with van der Waals surface area (Å²) in [6, 6.07) is -1.59. The average Bonchev–Trinajstić information content (AvgIpc) is 1.75. The molecule has 14 atom stereocenters. The van der Waals surface area contributed by atoms with Crippen LogP contribution in [0.1, 0.15) is 107 Å². The van der Waals surface area contributed by atoms with E-state index in [9.17, 15) is 79.2 Å². The zero-order valence-electron chi connectivity index (χ0n) is 50.1. The normalized spacial score (nSPS) is 27.8. The number of hydrogen-bond donors (Lipinski definition) is 15. The summed E-state index contributed by atoms with van der Waals surface area (Å²) in [5.74, 6) is -11.5. The third-order valence-electron chi connectivity index (χ3n) is 16.5. The Morgan fingerprint density at radius 1 is 0.802 bits per heavy atom. The molecule has 16 N–H and O–H groups in total. The SMILES string of the molecule is COCCCCCCOc1ccc(-c2nnc(C3CCC(C(=O)NC4CC(O)CNC(=O)C5C(O)C(C)CN5C(=O)C(C(O)CC(N)=O)NC(=O)C(C(O)C(O)c5ccc(O)c(OSOOO)c5)NC(=O)C5CC(O)CN5C(=O)C(C(C)O)NC4=O)CC3)s2)cc1. The van der Waals surface area contributed by atoms with E-state index in [1.165, 1.54) is 18.3 Å². The number of fused-ring (bicyclic) bond motifs is 2. The van der Waals surface area contributed by atoms with E-state index in [4.69, 9.17) is 24.6 Å². The van der Waals surface area contributed by atoms with Crippen LogP contribution >= 0.6 is 23.7 Å². The van der Waals surface area contributed by atoms with E-state index in [1.807, 2.05) is 24.3 Å². The average molecular weight is 1320 g/mol. The monoisotopic (exact) mass is 1320 g/mol. The Kier molecular flexibility index (Phi) is 26.4. The van der Waals surface area contributed by atoms with Gasteiger partial charge in [0, 0.05) is 69.5 Å². The summed E-state index contributed by atoms with van der Waals surface area (Å²) in [5.41, 5.74) is 5.90. The van der Waals surface area contributed by atoms with Crippen LogP contribution in [0, 0.1) is 11.8 Å². The number of carbonyl (C=O) groups is 8. The van der Waals surface area contributed by atoms with Crippen molar-refractivity contribution in [3.8, 4) is 27.8 Å². The predicted octanol–water partition coefficient (Wildman–Crippen LogP) is -2.17. The Balaban J connectivity index is 1.14. The molecule has 4 aliphatic rings. The van der Waals surface area contributed by atoms with Gasteiger partial charge in [0.2, 0.25) is 47.3 Å². The summed E-state index contributed by atoms with van der Waals surface area (Å²) < 4.78 is 20.2. The van der Waals surface area contributed by atoms with Crippen LogP contribution in [0.25, 0.3) is 10.6 Å². The predicted molar refractivity (Wildman–Crippen MR) is 318 cm³/mol. The van der Waals surface area contributed by atoms with Gasteiger partial charge in [0.25, 0.3) is 12.3 Å². The molecule has 3 aliphatic heterocycles. The summed E-state index contributed by atoms with van der Waals surface area (Å²) in [4.78, 5) is 115. The number of phenolic OH excluding ortho intramolecular Hbond substituents is 1. The number of amides is 8. The first-order valence-corrected chi connectivity index (χ1v) is 31.2. The summed E-state index contributed by atoms with van der Waals surface area (Å²) in [5, 5.41) is 125. The smallest absolute Gasteiger partial charge is 0.261 e. The fraction of sp³-hybridized carbons (Fsp3) is 0.614. The van der Waals surface area contributed by atoms with Gasteiger partial charge < -0.3 is 96.6 Å². The molecule has 3 aromatic rings. The Morgan fingerprint density at radius 3 is 2.14 bits per heavy atom. The van der Waals surface area contributed by atoms with Gasteiger partial charge in [-0.1, -0.05) is 40.1 Å². The van der Waals surface area contributed by atoms with Crippen molar-refractivity contribution in [3.63, 3.8) is 0 Å². The molecule has 8 amide bonds. The molecule has 14 unspecified atom stereocenters. The number of phenols is 1. The van der Waals surface area contributed by atoms with E-state index in [1.54, 1.807) is 7.11 Å². The van der Waals surface area contributed by atoms with Gasteiger partial charge in [0.1, 0.15) is 64.2 Å². The van der Waals surface area contributed by atoms with Gasteiger partial charge in [-0.25, -0.2) is 5.26 Å². The number of nitrogens with zero attached hydrogens (tertiary/aromatic N) is 4. The molecule has 4 heterocycles. The van der Waals surface area contributed by atoms with Crippen molar-refractivity contribution in [1.29, 1.82) is 0 Å². The Hall–Kier alpha value is -6.93. The van der Waals surface area contributed by atoms with Crippen LogP contribution < -0.4 is 41.2 Å². The number of aliphatic hydroxyl groups excluding tert-OH is 7. The van der Waals surface area contributed by atoms with Gasteiger partial charge in [0.05, 0.1) is 43.5 Å². The maximum absolute atomic E-state index is 14.7. The standard InChI is InChI=1S/C57H80N10O22S2/c1-27-25-67-45(46(27)74)53(81)59-24-33(69)21-36(60-49(77)29-8-10-30(11-9-29)54-64-65-55(90-54)31-12-15-35(16-13-31)86-19-7-5-4-6-18-85-3)50(78)61-42(28(2)68)56(82)66-26-34(70)22-37(66)51(79)63-44(52(80)62-43(57(67)83)39(72)23-41(58)73)48(76)47(75)32-14-17-38(71)40(20-32)87-91-89-88-84/h12-17,20,27-30,33-34,36-37,39,42-48,68-72,74-76,84H,4-11,18-19,21-26H2,1-3H3,(H2,58,73)(H,59,81)(H,60,77)(H,61,78)(H,62,80)(H,63,79). The minimum atomic E-state index is -2.52. The summed E-state index contributed by atoms with van der Waals surface area (Å²) in [6.45, 7) is 2.11. The number of aliphatic hydroxyl groups is 7. The lowest BCUT2D eigenvalue weighted by Gasteiger charge is -2.34. The van der Waals surface area contributed by atoms with Crippen LogP contribution in [0.15, 0.2) is 42.5 Å². The van der Waals surface area contributed by atoms with Crippen LogP contribution in [0.4, 0.5) is 0 Å². The van der Waals surface area contributed by atoms with Crippen LogP contribution in [-0.2, 0) is 52.5 Å². The van der Waals surface area contributed by atoms with Crippen molar-refractivity contribution in [3.05, 3.63) is 53.0 Å². The molecule has 0 radical (unpaired) electrons. The number of aromatic nitrogens is 2. The number of methoxy groups -OCH3 is 1. The zero-order valence-corrected chi connectivity index (χ0v) is 51.7. The highest BCUT2D eigenvalue weighted by Crippen LogP contribution is 2.40. The lowest BCUT2D eigenvalue weighted by Crippen LogP contribution is -2.64. The van der Waals surface area contributed by atoms with E-state index in [2.05, 4.69) is 46.2 Å². The second kappa shape index (κ2) is 33.6. The molecule has 3 saturated heterocycles. The van der Waals surface area contributed by atoms with Crippen molar-refractivity contribution < 1.29 is 107 Å². The zero-order chi connectivity index (χ0) is 66.2. The second-order valence-electron chi connectivity index (χ2n) is 23.2. The number of hydrogen-bond acceptors (Lipinski definition) is 26. The molecule has 34 heteroatoms. The summed E-state index contributed by atoms with van der Waals surface area (Å²) >= 11 is 1.40. The van der Waals surface area contributed by atoms with Crippen LogP contribution in [-0.4, -0.2) is 226 Å². The lowest BCUT2D eigenvalue weighted by molar-refractivity contribution is -0.433. The third-order valence-corrected chi connectivity index (χ3v) is 18.0. The molecule has 91 heavy (non-hydrogen) atoms. The molecule has 32 nitrogen and oxygen atoms in total. The molecular formula is C57H80N10O22S2. The van der Waals surface area contributed by atoms with Gasteiger partial charge in [-0.3, -0.25) is 38.4 Å². The Labute approximate surface area is 530 Å². The van der Waals surface area contributed by atoms with Crippen LogP contribution in [0.3, 0.4) is 0 Å². The van der Waals surface area contributed by atoms with E-state index < -0.39 is 188 Å². The molecule has 2 aromatic carbocycles. The molecule has 0 spiro atoms.